The minimum absolute atomic E-state index is 0.00443. The van der Waals surface area contributed by atoms with E-state index >= 15 is 0 Å². The van der Waals surface area contributed by atoms with Crippen LogP contribution in [0.25, 0.3) is 0 Å². The number of urea groups is 1. The summed E-state index contributed by atoms with van der Waals surface area (Å²) in [5, 5.41) is 15.7. The second kappa shape index (κ2) is 6.09. The summed E-state index contributed by atoms with van der Waals surface area (Å²) < 4.78 is 0. The third-order valence-electron chi connectivity index (χ3n) is 3.56. The summed E-state index contributed by atoms with van der Waals surface area (Å²) in [6.07, 6.45) is 1.83. The van der Waals surface area contributed by atoms with Crippen LogP contribution in [0.5, 0.6) is 0 Å². The van der Waals surface area contributed by atoms with Crippen molar-refractivity contribution in [3.63, 3.8) is 0 Å². The van der Waals surface area contributed by atoms with Gasteiger partial charge >= 0.3 is 6.03 Å². The summed E-state index contributed by atoms with van der Waals surface area (Å²) in [6.45, 7) is 11.6. The molecule has 5 nitrogen and oxygen atoms in total. The molecule has 112 valence electrons. The summed E-state index contributed by atoms with van der Waals surface area (Å²) in [7, 11) is 0. The van der Waals surface area contributed by atoms with Crippen LogP contribution in [0.1, 0.15) is 47.5 Å². The lowest BCUT2D eigenvalue weighted by molar-refractivity contribution is 0.135. The molecule has 0 saturated carbocycles. The van der Waals surface area contributed by atoms with Crippen molar-refractivity contribution in [2.45, 2.75) is 64.6 Å². The Morgan fingerprint density at radius 1 is 1.32 bits per heavy atom. The zero-order valence-corrected chi connectivity index (χ0v) is 12.9. The zero-order chi connectivity index (χ0) is 14.7. The molecule has 0 atom stereocenters. The van der Waals surface area contributed by atoms with Gasteiger partial charge in [-0.2, -0.15) is 0 Å². The van der Waals surface area contributed by atoms with Gasteiger partial charge in [0, 0.05) is 30.2 Å². The van der Waals surface area contributed by atoms with Gasteiger partial charge in [0.25, 0.3) is 0 Å². The molecule has 3 N–H and O–H groups in total. The maximum Gasteiger partial charge on any atom is 0.317 e. The van der Waals surface area contributed by atoms with E-state index in [-0.39, 0.29) is 29.8 Å². The number of carbonyl (C=O) groups excluding carboxylic acids is 1. The maximum atomic E-state index is 12.1. The van der Waals surface area contributed by atoms with Crippen LogP contribution in [-0.2, 0) is 0 Å². The number of aliphatic hydroxyl groups is 1. The predicted octanol–water partition coefficient (Wildman–Crippen LogP) is 1.32. The van der Waals surface area contributed by atoms with Crippen LogP contribution < -0.4 is 10.6 Å². The lowest BCUT2D eigenvalue weighted by atomic mass is 9.80. The summed E-state index contributed by atoms with van der Waals surface area (Å²) in [5.41, 5.74) is 0.0431. The molecule has 0 aromatic carbocycles. The van der Waals surface area contributed by atoms with Crippen molar-refractivity contribution in [1.29, 1.82) is 0 Å². The van der Waals surface area contributed by atoms with Gasteiger partial charge in [-0.1, -0.05) is 0 Å². The van der Waals surface area contributed by atoms with E-state index in [0.717, 1.165) is 12.8 Å². The number of amides is 2. The average Bonchev–Trinajstić information content (AvgIpc) is 2.20. The maximum absolute atomic E-state index is 12.1. The number of rotatable bonds is 4. The van der Waals surface area contributed by atoms with Crippen molar-refractivity contribution in [3.8, 4) is 0 Å². The largest absolute Gasteiger partial charge is 0.395 e. The van der Waals surface area contributed by atoms with Crippen molar-refractivity contribution >= 4 is 6.03 Å². The van der Waals surface area contributed by atoms with Gasteiger partial charge in [0.2, 0.25) is 0 Å². The van der Waals surface area contributed by atoms with Crippen LogP contribution in [0, 0.1) is 0 Å². The third kappa shape index (κ3) is 4.99. The van der Waals surface area contributed by atoms with Crippen molar-refractivity contribution in [2.75, 3.05) is 19.7 Å². The Balaban J connectivity index is 2.63. The molecule has 1 rings (SSSR count). The molecule has 0 bridgehead atoms. The fourth-order valence-corrected chi connectivity index (χ4v) is 3.21. The normalized spacial score (nSPS) is 22.0. The number of nitrogens with one attached hydrogen (secondary N) is 2. The Kier molecular flexibility index (Phi) is 5.21. The number of hydrogen-bond donors (Lipinski definition) is 3. The molecule has 0 spiro atoms. The molecule has 0 aromatic rings. The van der Waals surface area contributed by atoms with E-state index in [1.54, 1.807) is 4.90 Å². The topological polar surface area (TPSA) is 64.6 Å². The first-order valence-corrected chi connectivity index (χ1v) is 7.15. The number of piperidine rings is 1. The van der Waals surface area contributed by atoms with Crippen molar-refractivity contribution in [1.82, 2.24) is 15.5 Å². The quantitative estimate of drug-likeness (QED) is 0.722. The smallest absolute Gasteiger partial charge is 0.317 e. The Hall–Kier alpha value is -0.810. The molecular formula is C14H29N3O2. The standard InChI is InChI=1S/C14H29N3O2/c1-6-17(7-8-18)12(19)15-11-9-13(2,3)16-14(4,5)10-11/h11,16,18H,6-10H2,1-5H3,(H,15,19). The lowest BCUT2D eigenvalue weighted by Crippen LogP contribution is -2.63. The van der Waals surface area contributed by atoms with Crippen molar-refractivity contribution in [2.24, 2.45) is 0 Å². The molecule has 1 aliphatic rings. The minimum atomic E-state index is -0.0740. The summed E-state index contributed by atoms with van der Waals surface area (Å²) >= 11 is 0. The van der Waals surface area contributed by atoms with Gasteiger partial charge in [0.15, 0.2) is 0 Å². The number of nitrogens with zero attached hydrogens (tertiary/aromatic N) is 1. The van der Waals surface area contributed by atoms with Crippen LogP contribution in [0.4, 0.5) is 4.79 Å². The number of likely N-dealkylation sites (N-methyl/N-ethyl adjacent to an activating group) is 1. The van der Waals surface area contributed by atoms with E-state index in [1.807, 2.05) is 6.92 Å². The van der Waals surface area contributed by atoms with Gasteiger partial charge in [-0.3, -0.25) is 0 Å². The first-order valence-electron chi connectivity index (χ1n) is 7.15. The lowest BCUT2D eigenvalue weighted by Gasteiger charge is -2.46. The van der Waals surface area contributed by atoms with E-state index in [0.29, 0.717) is 13.1 Å². The van der Waals surface area contributed by atoms with Gasteiger partial charge in [0.1, 0.15) is 0 Å². The number of aliphatic hydroxyl groups excluding tert-OH is 1. The molecule has 1 fully saturated rings. The minimum Gasteiger partial charge on any atom is -0.395 e. The fraction of sp³-hybridized carbons (Fsp3) is 0.929. The number of hydrogen-bond acceptors (Lipinski definition) is 3. The first-order chi connectivity index (χ1) is 8.69. The molecule has 0 unspecified atom stereocenters. The van der Waals surface area contributed by atoms with Crippen LogP contribution in [0.15, 0.2) is 0 Å². The van der Waals surface area contributed by atoms with Crippen molar-refractivity contribution < 1.29 is 9.90 Å². The van der Waals surface area contributed by atoms with Crippen LogP contribution in [-0.4, -0.2) is 52.9 Å². The van der Waals surface area contributed by atoms with Gasteiger partial charge in [-0.25, -0.2) is 4.79 Å². The predicted molar refractivity (Wildman–Crippen MR) is 77.2 cm³/mol. The van der Waals surface area contributed by atoms with E-state index < -0.39 is 0 Å². The van der Waals surface area contributed by atoms with E-state index in [4.69, 9.17) is 5.11 Å². The SMILES string of the molecule is CCN(CCO)C(=O)NC1CC(C)(C)NC(C)(C)C1. The zero-order valence-electron chi connectivity index (χ0n) is 12.9. The molecule has 2 amide bonds. The summed E-state index contributed by atoms with van der Waals surface area (Å²) in [5.74, 6) is 0. The Morgan fingerprint density at radius 3 is 2.26 bits per heavy atom. The highest BCUT2D eigenvalue weighted by Gasteiger charge is 2.38. The van der Waals surface area contributed by atoms with Crippen LogP contribution in [0.3, 0.4) is 0 Å². The average molecular weight is 271 g/mol. The highest BCUT2D eigenvalue weighted by molar-refractivity contribution is 5.74. The fourth-order valence-electron chi connectivity index (χ4n) is 3.21. The summed E-state index contributed by atoms with van der Waals surface area (Å²) in [4.78, 5) is 13.8. The van der Waals surface area contributed by atoms with Crippen LogP contribution >= 0.6 is 0 Å². The Morgan fingerprint density at radius 2 is 1.84 bits per heavy atom. The van der Waals surface area contributed by atoms with Gasteiger partial charge in [-0.15, -0.1) is 0 Å². The Labute approximate surface area is 116 Å². The Bertz CT molecular complexity index is 300. The van der Waals surface area contributed by atoms with Crippen molar-refractivity contribution in [3.05, 3.63) is 0 Å². The molecular weight excluding hydrogens is 242 g/mol. The van der Waals surface area contributed by atoms with E-state index in [9.17, 15) is 4.79 Å². The highest BCUT2D eigenvalue weighted by atomic mass is 16.3. The second-order valence-electron chi connectivity index (χ2n) is 6.75. The van der Waals surface area contributed by atoms with E-state index in [1.165, 1.54) is 0 Å². The number of carbonyl (C=O) groups is 1. The first kappa shape index (κ1) is 16.2. The molecule has 1 saturated heterocycles. The molecule has 19 heavy (non-hydrogen) atoms. The van der Waals surface area contributed by atoms with Gasteiger partial charge in [-0.05, 0) is 47.5 Å². The van der Waals surface area contributed by atoms with Gasteiger partial charge in [0.05, 0.1) is 6.61 Å². The summed E-state index contributed by atoms with van der Waals surface area (Å²) in [6, 6.07) is 0.0987. The molecule has 0 radical (unpaired) electrons. The molecule has 1 heterocycles. The van der Waals surface area contributed by atoms with E-state index in [2.05, 4.69) is 38.3 Å². The van der Waals surface area contributed by atoms with Crippen LogP contribution in [0.2, 0.25) is 0 Å². The molecule has 0 aromatic heterocycles. The monoisotopic (exact) mass is 271 g/mol. The molecule has 5 heteroatoms. The third-order valence-corrected chi connectivity index (χ3v) is 3.56. The van der Waals surface area contributed by atoms with Gasteiger partial charge < -0.3 is 20.6 Å². The highest BCUT2D eigenvalue weighted by Crippen LogP contribution is 2.28. The second-order valence-corrected chi connectivity index (χ2v) is 6.75. The molecule has 0 aliphatic carbocycles. The molecule has 1 aliphatic heterocycles.